The molecule has 1 aliphatic rings. The van der Waals surface area contributed by atoms with E-state index in [-0.39, 0.29) is 12.2 Å². The van der Waals surface area contributed by atoms with E-state index in [1.807, 2.05) is 0 Å². The number of ether oxygens (including phenoxy) is 1. The number of aliphatic hydroxyl groups excluding tert-OH is 1. The van der Waals surface area contributed by atoms with Crippen LogP contribution in [0.1, 0.15) is 37.5 Å². The fourth-order valence-corrected chi connectivity index (χ4v) is 3.03. The van der Waals surface area contributed by atoms with Gasteiger partial charge in [-0.15, -0.1) is 0 Å². The lowest BCUT2D eigenvalue weighted by Crippen LogP contribution is -2.22. The minimum Gasteiger partial charge on any atom is -0.392 e. The molecule has 1 aromatic rings. The summed E-state index contributed by atoms with van der Waals surface area (Å²) in [5.74, 6) is 0.791. The van der Waals surface area contributed by atoms with Gasteiger partial charge in [0.05, 0.1) is 18.8 Å². The molecule has 3 heteroatoms. The molecule has 0 saturated heterocycles. The van der Waals surface area contributed by atoms with Crippen molar-refractivity contribution in [3.63, 3.8) is 0 Å². The molecule has 0 radical (unpaired) electrons. The maximum Gasteiger partial charge on any atom is 0.0852 e. The van der Waals surface area contributed by atoms with E-state index in [4.69, 9.17) is 4.74 Å². The Morgan fingerprint density at radius 3 is 2.94 bits per heavy atom. The highest BCUT2D eigenvalue weighted by molar-refractivity contribution is 7.99. The molecule has 0 amide bonds. The molecule has 0 bridgehead atoms. The van der Waals surface area contributed by atoms with Gasteiger partial charge < -0.3 is 9.84 Å². The van der Waals surface area contributed by atoms with Gasteiger partial charge in [0.25, 0.3) is 0 Å². The van der Waals surface area contributed by atoms with Crippen molar-refractivity contribution in [3.8, 4) is 0 Å². The number of benzene rings is 1. The van der Waals surface area contributed by atoms with Gasteiger partial charge in [0, 0.05) is 12.2 Å². The van der Waals surface area contributed by atoms with Crippen LogP contribution in [-0.2, 0) is 11.2 Å². The van der Waals surface area contributed by atoms with Crippen LogP contribution in [0.4, 0.5) is 0 Å². The first-order chi connectivity index (χ1) is 8.66. The lowest BCUT2D eigenvalue weighted by atomic mass is 9.94. The van der Waals surface area contributed by atoms with Crippen LogP contribution in [0.5, 0.6) is 0 Å². The second kappa shape index (κ2) is 6.60. The van der Waals surface area contributed by atoms with E-state index >= 15 is 0 Å². The van der Waals surface area contributed by atoms with Crippen LogP contribution in [0.25, 0.3) is 0 Å². The van der Waals surface area contributed by atoms with Crippen molar-refractivity contribution >= 4 is 11.8 Å². The van der Waals surface area contributed by atoms with E-state index in [0.717, 1.165) is 18.8 Å². The Labute approximate surface area is 114 Å². The van der Waals surface area contributed by atoms with Gasteiger partial charge in [0.1, 0.15) is 0 Å². The van der Waals surface area contributed by atoms with E-state index in [2.05, 4.69) is 38.1 Å². The van der Waals surface area contributed by atoms with Crippen LogP contribution in [0.15, 0.2) is 24.3 Å². The van der Waals surface area contributed by atoms with Crippen molar-refractivity contribution in [2.45, 2.75) is 44.1 Å². The third-order valence-corrected chi connectivity index (χ3v) is 4.44. The van der Waals surface area contributed by atoms with Crippen LogP contribution in [0, 0.1) is 0 Å². The van der Waals surface area contributed by atoms with Gasteiger partial charge in [0.2, 0.25) is 0 Å². The third-order valence-electron chi connectivity index (χ3n) is 3.20. The van der Waals surface area contributed by atoms with Crippen LogP contribution < -0.4 is 0 Å². The van der Waals surface area contributed by atoms with Crippen LogP contribution in [0.2, 0.25) is 0 Å². The Balaban J connectivity index is 1.94. The summed E-state index contributed by atoms with van der Waals surface area (Å²) in [7, 11) is 0. The Morgan fingerprint density at radius 2 is 2.17 bits per heavy atom. The Hall–Kier alpha value is -0.510. The molecule has 0 fully saturated rings. The summed E-state index contributed by atoms with van der Waals surface area (Å²) in [6, 6.07) is 8.42. The monoisotopic (exact) mass is 266 g/mol. The van der Waals surface area contributed by atoms with Crippen molar-refractivity contribution < 1.29 is 9.84 Å². The van der Waals surface area contributed by atoms with Crippen molar-refractivity contribution in [1.82, 2.24) is 0 Å². The summed E-state index contributed by atoms with van der Waals surface area (Å²) in [4.78, 5) is 0. The fraction of sp³-hybridized carbons (Fsp3) is 0.600. The highest BCUT2D eigenvalue weighted by Crippen LogP contribution is 2.31. The number of aliphatic hydroxyl groups is 1. The number of hydrogen-bond donors (Lipinski definition) is 1. The minimum atomic E-state index is -0.284. The molecule has 18 heavy (non-hydrogen) atoms. The molecular formula is C15H22O2S. The maximum atomic E-state index is 10.1. The van der Waals surface area contributed by atoms with Gasteiger partial charge in [-0.2, -0.15) is 11.8 Å². The highest BCUT2D eigenvalue weighted by atomic mass is 32.2. The van der Waals surface area contributed by atoms with Gasteiger partial charge in [-0.25, -0.2) is 0 Å². The molecule has 0 aromatic heterocycles. The smallest absolute Gasteiger partial charge is 0.0852 e. The number of thioether (sulfide) groups is 1. The summed E-state index contributed by atoms with van der Waals surface area (Å²) < 4.78 is 5.81. The quantitative estimate of drug-likeness (QED) is 0.887. The molecule has 1 aliphatic heterocycles. The predicted molar refractivity (Wildman–Crippen MR) is 77.1 cm³/mol. The predicted octanol–water partition coefficient (Wildman–Crippen LogP) is 3.19. The van der Waals surface area contributed by atoms with E-state index < -0.39 is 0 Å². The van der Waals surface area contributed by atoms with E-state index in [0.29, 0.717) is 11.7 Å². The average Bonchev–Trinajstić information content (AvgIpc) is 2.37. The molecule has 100 valence electrons. The second-order valence-corrected chi connectivity index (χ2v) is 6.69. The molecule has 0 saturated carbocycles. The summed E-state index contributed by atoms with van der Waals surface area (Å²) in [5.41, 5.74) is 2.63. The van der Waals surface area contributed by atoms with Gasteiger partial charge in [-0.05, 0) is 22.8 Å². The summed E-state index contributed by atoms with van der Waals surface area (Å²) >= 11 is 1.80. The zero-order chi connectivity index (χ0) is 13.0. The zero-order valence-corrected chi connectivity index (χ0v) is 12.0. The largest absolute Gasteiger partial charge is 0.392 e. The molecule has 0 spiro atoms. The molecule has 2 rings (SSSR count). The molecule has 0 aliphatic carbocycles. The maximum absolute atomic E-state index is 10.1. The van der Waals surface area contributed by atoms with E-state index in [1.54, 1.807) is 11.8 Å². The summed E-state index contributed by atoms with van der Waals surface area (Å²) in [5, 5.41) is 10.6. The van der Waals surface area contributed by atoms with E-state index in [1.165, 1.54) is 11.1 Å². The van der Waals surface area contributed by atoms with Crippen molar-refractivity contribution in [1.29, 1.82) is 0 Å². The molecule has 1 aromatic carbocycles. The highest BCUT2D eigenvalue weighted by Gasteiger charge is 2.23. The topological polar surface area (TPSA) is 29.5 Å². The first kappa shape index (κ1) is 13.9. The molecule has 2 atom stereocenters. The first-order valence-corrected chi connectivity index (χ1v) is 7.70. The molecular weight excluding hydrogens is 244 g/mol. The number of rotatable bonds is 5. The van der Waals surface area contributed by atoms with Crippen molar-refractivity contribution in [3.05, 3.63) is 35.4 Å². The van der Waals surface area contributed by atoms with Crippen molar-refractivity contribution in [2.24, 2.45) is 0 Å². The molecule has 2 unspecified atom stereocenters. The van der Waals surface area contributed by atoms with Crippen LogP contribution in [-0.4, -0.2) is 28.8 Å². The lowest BCUT2D eigenvalue weighted by Gasteiger charge is -2.27. The Bertz CT molecular complexity index is 379. The number of hydrogen-bond acceptors (Lipinski definition) is 3. The van der Waals surface area contributed by atoms with Gasteiger partial charge in [-0.3, -0.25) is 0 Å². The van der Waals surface area contributed by atoms with Crippen molar-refractivity contribution in [2.75, 3.05) is 12.4 Å². The van der Waals surface area contributed by atoms with Crippen LogP contribution in [0.3, 0.4) is 0 Å². The van der Waals surface area contributed by atoms with E-state index in [9.17, 15) is 5.11 Å². The van der Waals surface area contributed by atoms with Gasteiger partial charge in [0.15, 0.2) is 0 Å². The molecule has 2 nitrogen and oxygen atoms in total. The van der Waals surface area contributed by atoms with Gasteiger partial charge >= 0.3 is 0 Å². The normalized spacial score (nSPS) is 20.8. The van der Waals surface area contributed by atoms with Gasteiger partial charge in [-0.1, -0.05) is 38.1 Å². The molecule has 1 N–H and O–H groups in total. The Kier molecular flexibility index (Phi) is 5.10. The summed E-state index contributed by atoms with van der Waals surface area (Å²) in [6.45, 7) is 5.08. The lowest BCUT2D eigenvalue weighted by molar-refractivity contribution is 0.00944. The molecule has 1 heterocycles. The summed E-state index contributed by atoms with van der Waals surface area (Å²) in [6.07, 6.45) is 1.48. The fourth-order valence-electron chi connectivity index (χ4n) is 2.29. The Morgan fingerprint density at radius 1 is 1.39 bits per heavy atom. The standard InChI is InChI=1S/C15H22O2S/c1-11(2)18-10-13(16)9-15-14-6-4-3-5-12(14)7-8-17-15/h3-6,11,13,15-16H,7-10H2,1-2H3. The third kappa shape index (κ3) is 3.74. The van der Waals surface area contributed by atoms with Crippen LogP contribution >= 0.6 is 11.8 Å². The SMILES string of the molecule is CC(C)SCC(O)CC1OCCc2ccccc21. The minimum absolute atomic E-state index is 0.0673. The second-order valence-electron chi connectivity index (χ2n) is 5.08. The average molecular weight is 266 g/mol. The number of fused-ring (bicyclic) bond motifs is 1. The first-order valence-electron chi connectivity index (χ1n) is 6.66. The zero-order valence-electron chi connectivity index (χ0n) is 11.1.